The van der Waals surface area contributed by atoms with E-state index in [1.165, 1.54) is 0 Å². The molecule has 292 valence electrons. The maximum atomic E-state index is 14.8. The number of ether oxygens (including phenoxy) is 2. The zero-order valence-corrected chi connectivity index (χ0v) is 33.6. The number of rotatable bonds is 9. The quantitative estimate of drug-likeness (QED) is 0.115. The van der Waals surface area contributed by atoms with Gasteiger partial charge in [-0.25, -0.2) is 0 Å². The van der Waals surface area contributed by atoms with Gasteiger partial charge < -0.3 is 29.9 Å². The van der Waals surface area contributed by atoms with Crippen LogP contribution in [0, 0.1) is 39.4 Å². The van der Waals surface area contributed by atoms with Gasteiger partial charge in [0.15, 0.2) is 17.2 Å². The van der Waals surface area contributed by atoms with Crippen molar-refractivity contribution in [1.82, 2.24) is 0 Å². The number of benzene rings is 1. The zero-order chi connectivity index (χ0) is 40.5. The van der Waals surface area contributed by atoms with E-state index in [0.29, 0.717) is 17.5 Å². The lowest BCUT2D eigenvalue weighted by molar-refractivity contribution is -0.176. The lowest BCUT2D eigenvalue weighted by Crippen LogP contribution is -2.67. The number of carbonyl (C=O) groups is 5. The van der Waals surface area contributed by atoms with Gasteiger partial charge in [0.05, 0.1) is 16.9 Å². The first-order valence-corrected chi connectivity index (χ1v) is 18.5. The van der Waals surface area contributed by atoms with Gasteiger partial charge in [-0.3, -0.25) is 24.0 Å². The Morgan fingerprint density at radius 1 is 0.962 bits per heavy atom. The highest BCUT2D eigenvalue weighted by Crippen LogP contribution is 2.65. The highest BCUT2D eigenvalue weighted by atomic mass is 16.7. The van der Waals surface area contributed by atoms with E-state index in [2.05, 4.69) is 0 Å². The van der Waals surface area contributed by atoms with Crippen LogP contribution in [-0.4, -0.2) is 62.1 Å². The number of hydrogen-bond donors (Lipinski definition) is 4. The number of phenols is 1. The van der Waals surface area contributed by atoms with E-state index in [1.807, 2.05) is 34.6 Å². The maximum Gasteiger partial charge on any atom is 0.314 e. The van der Waals surface area contributed by atoms with Crippen molar-refractivity contribution in [2.45, 2.75) is 127 Å². The molecule has 0 saturated heterocycles. The van der Waals surface area contributed by atoms with Crippen LogP contribution in [0.3, 0.4) is 0 Å². The van der Waals surface area contributed by atoms with Gasteiger partial charge in [0.1, 0.15) is 22.8 Å². The summed E-state index contributed by atoms with van der Waals surface area (Å²) in [7, 11) is 0. The van der Waals surface area contributed by atoms with Crippen molar-refractivity contribution < 1.29 is 53.9 Å². The Morgan fingerprint density at radius 2 is 1.55 bits per heavy atom. The van der Waals surface area contributed by atoms with E-state index in [-0.39, 0.29) is 53.4 Å². The Labute approximate surface area is 312 Å². The third-order valence-electron chi connectivity index (χ3n) is 11.4. The summed E-state index contributed by atoms with van der Waals surface area (Å²) in [5.41, 5.74) is -5.91. The number of fused-ring (bicyclic) bond motifs is 3. The number of hydrogen-bond acceptors (Lipinski definition) is 11. The molecule has 0 fully saturated rings. The predicted molar refractivity (Wildman–Crippen MR) is 197 cm³/mol. The molecule has 0 aromatic heterocycles. The van der Waals surface area contributed by atoms with Crippen LogP contribution in [0.5, 0.6) is 5.75 Å². The molecule has 0 aliphatic heterocycles. The van der Waals surface area contributed by atoms with Gasteiger partial charge in [-0.1, -0.05) is 68.4 Å². The van der Waals surface area contributed by atoms with Crippen molar-refractivity contribution in [3.05, 3.63) is 51.0 Å². The first kappa shape index (κ1) is 41.8. The van der Waals surface area contributed by atoms with E-state index < -0.39 is 86.9 Å². The second kappa shape index (κ2) is 13.7. The Balaban J connectivity index is 1.89. The van der Waals surface area contributed by atoms with Crippen molar-refractivity contribution >= 4 is 29.3 Å². The molecule has 0 saturated carbocycles. The normalized spacial score (nSPS) is 26.7. The minimum absolute atomic E-state index is 0.00968. The predicted octanol–water partition coefficient (Wildman–Crippen LogP) is 7.15. The van der Waals surface area contributed by atoms with Crippen LogP contribution in [-0.2, 0) is 41.5 Å². The van der Waals surface area contributed by atoms with Crippen LogP contribution < -0.4 is 0 Å². The molecule has 0 bridgehead atoms. The van der Waals surface area contributed by atoms with Crippen LogP contribution in [0.4, 0.5) is 0 Å². The topological polar surface area (TPSA) is 185 Å². The van der Waals surface area contributed by atoms with Crippen LogP contribution in [0.1, 0.15) is 136 Å². The molecule has 11 heteroatoms. The zero-order valence-electron chi connectivity index (χ0n) is 33.6. The second-order valence-corrected chi connectivity index (χ2v) is 18.9. The van der Waals surface area contributed by atoms with E-state index in [9.17, 15) is 44.4 Å². The molecule has 0 amide bonds. The fourth-order valence-electron chi connectivity index (χ4n) is 9.28. The summed E-state index contributed by atoms with van der Waals surface area (Å²) in [6, 6.07) is 1.79. The Morgan fingerprint density at radius 3 is 2.04 bits per heavy atom. The molecule has 1 aromatic rings. The molecule has 1 aromatic carbocycles. The van der Waals surface area contributed by atoms with Gasteiger partial charge in [-0.15, -0.1) is 0 Å². The molecule has 3 aliphatic rings. The molecule has 0 spiro atoms. The molecule has 11 nitrogen and oxygen atoms in total. The Kier molecular flexibility index (Phi) is 10.8. The van der Waals surface area contributed by atoms with Crippen LogP contribution >= 0.6 is 0 Å². The number of carbonyl (C=O) groups excluding carboxylic acids is 5. The van der Waals surface area contributed by atoms with E-state index in [1.54, 1.807) is 54.5 Å². The Hall–Kier alpha value is -3.99. The van der Waals surface area contributed by atoms with Crippen molar-refractivity contribution in [2.75, 3.05) is 6.79 Å². The third kappa shape index (κ3) is 6.94. The number of esters is 2. The van der Waals surface area contributed by atoms with Gasteiger partial charge in [0, 0.05) is 22.3 Å². The fraction of sp³-hybridized carbons (Fsp3) is 0.643. The molecule has 0 heterocycles. The standard InChI is InChI=1S/C42H58O11/c1-20(2)25-15-23(14-24(16-38(6,7)8)36(49)52-19-53-37(50)39(9,10)11)31(44)28-26(25)17-40(12)18-41(13)29(21(3)4)32(45)27(22(5)43)34(47)42(41,51)35(48)30(40)33(28)46/h15,20-21,24,29,44-45,48,51H,14,16-19H2,1-13H3/t24?,29?,40-,41-,42+/m1/s1. The Bertz CT molecular complexity index is 1810. The SMILES string of the molecule is CC(=O)C1=C(O)C(C(C)C)[C@@]2(C)C[C@@]3(C)Cc4c(C(C)C)cc(CC(CC(C)(C)C)C(=O)OCOC(=O)C(C)(C)C)c(O)c4C(=O)C3=C(O)[C@@]2(O)C1=O. The summed E-state index contributed by atoms with van der Waals surface area (Å²) >= 11 is 0. The van der Waals surface area contributed by atoms with E-state index in [0.717, 1.165) is 12.5 Å². The molecule has 53 heavy (non-hydrogen) atoms. The summed E-state index contributed by atoms with van der Waals surface area (Å²) in [5, 5.41) is 47.8. The van der Waals surface area contributed by atoms with Crippen molar-refractivity contribution in [3.8, 4) is 5.75 Å². The van der Waals surface area contributed by atoms with Crippen LogP contribution in [0.15, 0.2) is 28.7 Å². The number of aromatic hydroxyl groups is 1. The molecule has 0 radical (unpaired) electrons. The molecular weight excluding hydrogens is 680 g/mol. The molecule has 2 unspecified atom stereocenters. The molecule has 4 rings (SSSR count). The van der Waals surface area contributed by atoms with Crippen LogP contribution in [0.25, 0.3) is 0 Å². The number of aliphatic hydroxyl groups is 3. The molecular formula is C42H58O11. The largest absolute Gasteiger partial charge is 0.511 e. The lowest BCUT2D eigenvalue weighted by Gasteiger charge is -2.59. The number of phenolic OH excluding ortho intramolecular Hbond substituents is 1. The monoisotopic (exact) mass is 738 g/mol. The average Bonchev–Trinajstić information content (AvgIpc) is 2.98. The number of Topliss-reactive ketones (excluding diaryl/α,β-unsaturated/α-hetero) is 3. The van der Waals surface area contributed by atoms with Gasteiger partial charge in [0.25, 0.3) is 0 Å². The number of allylic oxidation sites excluding steroid dienone is 2. The van der Waals surface area contributed by atoms with Crippen LogP contribution in [0.2, 0.25) is 0 Å². The van der Waals surface area contributed by atoms with Gasteiger partial charge in [-0.05, 0) is 87.3 Å². The summed E-state index contributed by atoms with van der Waals surface area (Å²) < 4.78 is 10.6. The molecule has 3 aliphatic carbocycles. The number of ketones is 3. The summed E-state index contributed by atoms with van der Waals surface area (Å²) in [6.45, 7) is 22.2. The van der Waals surface area contributed by atoms with Gasteiger partial charge >= 0.3 is 11.9 Å². The fourth-order valence-corrected chi connectivity index (χ4v) is 9.28. The average molecular weight is 739 g/mol. The summed E-state index contributed by atoms with van der Waals surface area (Å²) in [4.78, 5) is 67.4. The number of aliphatic hydroxyl groups excluding tert-OH is 2. The highest BCUT2D eigenvalue weighted by molar-refractivity contribution is 6.25. The minimum Gasteiger partial charge on any atom is -0.511 e. The third-order valence-corrected chi connectivity index (χ3v) is 11.4. The van der Waals surface area contributed by atoms with Crippen molar-refractivity contribution in [1.29, 1.82) is 0 Å². The van der Waals surface area contributed by atoms with Gasteiger partial charge in [-0.2, -0.15) is 0 Å². The maximum absolute atomic E-state index is 14.8. The minimum atomic E-state index is -2.72. The molecule has 4 N–H and O–H groups in total. The smallest absolute Gasteiger partial charge is 0.314 e. The van der Waals surface area contributed by atoms with E-state index in [4.69, 9.17) is 9.47 Å². The van der Waals surface area contributed by atoms with Crippen molar-refractivity contribution in [2.24, 2.45) is 39.4 Å². The lowest BCUT2D eigenvalue weighted by atomic mass is 9.44. The highest BCUT2D eigenvalue weighted by Gasteiger charge is 2.71. The first-order chi connectivity index (χ1) is 24.0. The summed E-state index contributed by atoms with van der Waals surface area (Å²) in [6.07, 6.45) is 0.439. The van der Waals surface area contributed by atoms with Gasteiger partial charge in [0.2, 0.25) is 12.6 Å². The van der Waals surface area contributed by atoms with Crippen molar-refractivity contribution in [3.63, 3.8) is 0 Å². The second-order valence-electron chi connectivity index (χ2n) is 18.9. The van der Waals surface area contributed by atoms with E-state index >= 15 is 0 Å². The first-order valence-electron chi connectivity index (χ1n) is 18.5. The molecule has 5 atom stereocenters. The summed E-state index contributed by atoms with van der Waals surface area (Å²) in [5.74, 6) is -7.88.